The molecule has 0 radical (unpaired) electrons. The maximum absolute atomic E-state index is 2.38. The Kier molecular flexibility index (Phi) is 5.22. The van der Waals surface area contributed by atoms with Crippen molar-refractivity contribution in [2.24, 2.45) is 0 Å². The molecule has 2 aliphatic rings. The molecule has 0 spiro atoms. The molecule has 0 aliphatic carbocycles. The van der Waals surface area contributed by atoms with E-state index in [0.29, 0.717) is 0 Å². The van der Waals surface area contributed by atoms with Crippen LogP contribution >= 0.6 is 0 Å². The van der Waals surface area contributed by atoms with Gasteiger partial charge in [0.25, 0.3) is 0 Å². The summed E-state index contributed by atoms with van der Waals surface area (Å²) >= 11 is 0. The second-order valence-corrected chi connectivity index (χ2v) is 7.99. The van der Waals surface area contributed by atoms with Crippen molar-refractivity contribution in [3.63, 3.8) is 0 Å². The van der Waals surface area contributed by atoms with Crippen LogP contribution in [0, 0.1) is 0 Å². The summed E-state index contributed by atoms with van der Waals surface area (Å²) in [6, 6.07) is 28.0. The highest BCUT2D eigenvalue weighted by molar-refractivity contribution is 5.75. The van der Waals surface area contributed by atoms with Crippen LogP contribution in [0.25, 0.3) is 5.57 Å². The second-order valence-electron chi connectivity index (χ2n) is 7.99. The van der Waals surface area contributed by atoms with E-state index in [2.05, 4.69) is 119 Å². The lowest BCUT2D eigenvalue weighted by Crippen LogP contribution is -2.07. The molecule has 3 aromatic rings. The number of rotatable bonds is 5. The van der Waals surface area contributed by atoms with Crippen LogP contribution in [-0.4, -0.2) is 9.80 Å². The number of benzene rings is 3. The third-order valence-electron chi connectivity index (χ3n) is 5.88. The molecule has 0 atom stereocenters. The summed E-state index contributed by atoms with van der Waals surface area (Å²) in [6.45, 7) is 3.94. The monoisotopic (exact) mass is 390 g/mol. The lowest BCUT2D eigenvalue weighted by atomic mass is 10.1. The van der Waals surface area contributed by atoms with Gasteiger partial charge in [-0.15, -0.1) is 0 Å². The first-order chi connectivity index (χ1) is 14.8. The minimum Gasteiger partial charge on any atom is -0.369 e. The Bertz CT molecular complexity index is 1060. The largest absolute Gasteiger partial charge is 0.369 e. The Labute approximate surface area is 179 Å². The first-order valence-corrected chi connectivity index (χ1v) is 10.6. The highest BCUT2D eigenvalue weighted by atomic mass is 15.1. The molecule has 0 unspecified atom stereocenters. The van der Waals surface area contributed by atoms with Crippen molar-refractivity contribution in [3.8, 4) is 0 Å². The predicted molar refractivity (Wildman–Crippen MR) is 124 cm³/mol. The van der Waals surface area contributed by atoms with Gasteiger partial charge in [0.1, 0.15) is 0 Å². The SMILES string of the molecule is C(=CN1Cc2ccccc2C1)/C=C(/C=C/N1Cc2ccccc2C1)c1ccccc1. The fourth-order valence-electron chi connectivity index (χ4n) is 4.26. The van der Waals surface area contributed by atoms with Gasteiger partial charge in [0.15, 0.2) is 0 Å². The minimum atomic E-state index is 0.983. The van der Waals surface area contributed by atoms with Crippen LogP contribution in [0.15, 0.2) is 109 Å². The molecule has 5 rings (SSSR count). The van der Waals surface area contributed by atoms with E-state index < -0.39 is 0 Å². The predicted octanol–water partition coefficient (Wildman–Crippen LogP) is 6.13. The second kappa shape index (κ2) is 8.46. The fraction of sp³-hybridized carbons (Fsp3) is 0.143. The molecule has 0 amide bonds. The first kappa shape index (κ1) is 18.5. The number of nitrogens with zero attached hydrogens (tertiary/aromatic N) is 2. The quantitative estimate of drug-likeness (QED) is 0.484. The molecule has 2 heteroatoms. The number of fused-ring (bicyclic) bond motifs is 2. The summed E-state index contributed by atoms with van der Waals surface area (Å²) in [5, 5.41) is 0. The Balaban J connectivity index is 1.32. The van der Waals surface area contributed by atoms with Crippen molar-refractivity contribution < 1.29 is 0 Å². The number of hydrogen-bond acceptors (Lipinski definition) is 2. The third kappa shape index (κ3) is 4.08. The molecule has 2 heterocycles. The topological polar surface area (TPSA) is 6.48 Å². The Morgan fingerprint density at radius 3 is 1.57 bits per heavy atom. The zero-order chi connectivity index (χ0) is 20.2. The van der Waals surface area contributed by atoms with E-state index in [9.17, 15) is 0 Å². The smallest absolute Gasteiger partial charge is 0.0431 e. The molecule has 0 saturated carbocycles. The molecule has 0 fully saturated rings. The lowest BCUT2D eigenvalue weighted by molar-refractivity contribution is 0.399. The molecule has 2 nitrogen and oxygen atoms in total. The molecule has 0 saturated heterocycles. The van der Waals surface area contributed by atoms with Crippen molar-refractivity contribution in [1.29, 1.82) is 0 Å². The van der Waals surface area contributed by atoms with Crippen LogP contribution in [0.2, 0.25) is 0 Å². The molecule has 3 aromatic carbocycles. The van der Waals surface area contributed by atoms with E-state index in [1.54, 1.807) is 0 Å². The highest BCUT2D eigenvalue weighted by Crippen LogP contribution is 2.25. The van der Waals surface area contributed by atoms with Crippen LogP contribution in [0.4, 0.5) is 0 Å². The number of allylic oxidation sites excluding steroid dienone is 4. The Hall–Kier alpha value is -3.52. The number of hydrogen-bond donors (Lipinski definition) is 0. The Morgan fingerprint density at radius 2 is 1.03 bits per heavy atom. The summed E-state index contributed by atoms with van der Waals surface area (Å²) in [4.78, 5) is 4.74. The van der Waals surface area contributed by atoms with Gasteiger partial charge in [0.05, 0.1) is 0 Å². The van der Waals surface area contributed by atoms with Gasteiger partial charge in [0.2, 0.25) is 0 Å². The van der Waals surface area contributed by atoms with Crippen LogP contribution in [0.5, 0.6) is 0 Å². The molecule has 30 heavy (non-hydrogen) atoms. The average molecular weight is 391 g/mol. The molecule has 2 aliphatic heterocycles. The van der Waals surface area contributed by atoms with Gasteiger partial charge in [-0.1, -0.05) is 84.9 Å². The van der Waals surface area contributed by atoms with E-state index in [-0.39, 0.29) is 0 Å². The van der Waals surface area contributed by atoms with E-state index in [0.717, 1.165) is 26.2 Å². The summed E-state index contributed by atoms with van der Waals surface area (Å²) in [6.07, 6.45) is 11.1. The summed E-state index contributed by atoms with van der Waals surface area (Å²) in [5.74, 6) is 0. The summed E-state index contributed by atoms with van der Waals surface area (Å²) in [7, 11) is 0. The van der Waals surface area contributed by atoms with Crippen molar-refractivity contribution in [2.75, 3.05) is 0 Å². The van der Waals surface area contributed by atoms with Crippen LogP contribution in [0.1, 0.15) is 27.8 Å². The van der Waals surface area contributed by atoms with Gasteiger partial charge in [-0.05, 0) is 51.7 Å². The maximum atomic E-state index is 2.38. The fourth-order valence-corrected chi connectivity index (χ4v) is 4.26. The molecule has 0 aromatic heterocycles. The van der Waals surface area contributed by atoms with Crippen molar-refractivity contribution in [1.82, 2.24) is 9.80 Å². The zero-order valence-corrected chi connectivity index (χ0v) is 17.1. The molecule has 0 N–H and O–H groups in total. The standard InChI is InChI=1S/C28H26N2/c1-2-9-23(10-3-1)24(16-18-30-21-27-13-6-7-14-28(27)22-30)15-8-17-29-19-25-11-4-5-12-26(25)20-29/h1-18H,19-22H2/b17-8?,18-16+,24-15-. The van der Waals surface area contributed by atoms with Crippen LogP contribution < -0.4 is 0 Å². The van der Waals surface area contributed by atoms with E-state index in [1.807, 2.05) is 0 Å². The van der Waals surface area contributed by atoms with E-state index >= 15 is 0 Å². The van der Waals surface area contributed by atoms with Crippen LogP contribution in [0.3, 0.4) is 0 Å². The highest BCUT2D eigenvalue weighted by Gasteiger charge is 2.15. The van der Waals surface area contributed by atoms with Gasteiger partial charge < -0.3 is 9.80 Å². The lowest BCUT2D eigenvalue weighted by Gasteiger charge is -2.12. The van der Waals surface area contributed by atoms with E-state index in [1.165, 1.54) is 33.4 Å². The van der Waals surface area contributed by atoms with Gasteiger partial charge in [-0.2, -0.15) is 0 Å². The van der Waals surface area contributed by atoms with Gasteiger partial charge in [0, 0.05) is 32.4 Å². The molecule has 148 valence electrons. The van der Waals surface area contributed by atoms with Crippen molar-refractivity contribution in [2.45, 2.75) is 26.2 Å². The average Bonchev–Trinajstić information content (AvgIpc) is 3.39. The molecular weight excluding hydrogens is 364 g/mol. The summed E-state index contributed by atoms with van der Waals surface area (Å²) in [5.41, 5.74) is 8.19. The minimum absolute atomic E-state index is 0.983. The third-order valence-corrected chi connectivity index (χ3v) is 5.88. The van der Waals surface area contributed by atoms with Crippen molar-refractivity contribution in [3.05, 3.63) is 137 Å². The maximum Gasteiger partial charge on any atom is 0.0431 e. The van der Waals surface area contributed by atoms with E-state index in [4.69, 9.17) is 0 Å². The normalized spacial score (nSPS) is 15.9. The van der Waals surface area contributed by atoms with Gasteiger partial charge in [-0.3, -0.25) is 0 Å². The summed E-state index contributed by atoms with van der Waals surface area (Å²) < 4.78 is 0. The zero-order valence-electron chi connectivity index (χ0n) is 17.1. The molecule has 0 bridgehead atoms. The van der Waals surface area contributed by atoms with Gasteiger partial charge >= 0.3 is 0 Å². The van der Waals surface area contributed by atoms with Crippen LogP contribution in [-0.2, 0) is 26.2 Å². The van der Waals surface area contributed by atoms with Crippen molar-refractivity contribution >= 4 is 5.57 Å². The first-order valence-electron chi connectivity index (χ1n) is 10.6. The van der Waals surface area contributed by atoms with Gasteiger partial charge in [-0.25, -0.2) is 0 Å². The Morgan fingerprint density at radius 1 is 0.567 bits per heavy atom. The molecular formula is C28H26N2.